The summed E-state index contributed by atoms with van der Waals surface area (Å²) in [6.07, 6.45) is 1.78. The van der Waals surface area contributed by atoms with Crippen molar-refractivity contribution < 1.29 is 0 Å². The Bertz CT molecular complexity index is 772. The van der Waals surface area contributed by atoms with E-state index in [-0.39, 0.29) is 5.41 Å². The molecule has 3 aromatic rings. The molecule has 23 heavy (non-hydrogen) atoms. The normalized spacial score (nSPS) is 11.3. The summed E-state index contributed by atoms with van der Waals surface area (Å²) in [7, 11) is 0. The van der Waals surface area contributed by atoms with Crippen molar-refractivity contribution in [3.05, 3.63) is 72.4 Å². The number of aromatic nitrogens is 2. The minimum Gasteiger partial charge on any atom is -0.324 e. The predicted molar refractivity (Wildman–Crippen MR) is 95.9 cm³/mol. The van der Waals surface area contributed by atoms with E-state index in [1.54, 1.807) is 6.20 Å². The van der Waals surface area contributed by atoms with Crippen LogP contribution in [-0.2, 0) is 5.41 Å². The number of anilines is 2. The van der Waals surface area contributed by atoms with Gasteiger partial charge in [-0.2, -0.15) is 0 Å². The SMILES string of the molecule is CC(C)(C)c1ccc(Nc2nccc(-c3ccccc3)n2)cc1. The third-order valence-corrected chi connectivity index (χ3v) is 3.73. The molecule has 3 heteroatoms. The molecule has 2 aromatic carbocycles. The van der Waals surface area contributed by atoms with Crippen LogP contribution >= 0.6 is 0 Å². The number of hydrogen-bond donors (Lipinski definition) is 1. The van der Waals surface area contributed by atoms with E-state index in [1.165, 1.54) is 5.56 Å². The molecule has 3 rings (SSSR count). The maximum absolute atomic E-state index is 4.59. The molecule has 0 bridgehead atoms. The van der Waals surface area contributed by atoms with Crippen LogP contribution in [0.1, 0.15) is 26.3 Å². The standard InChI is InChI=1S/C20H21N3/c1-20(2,3)16-9-11-17(12-10-16)22-19-21-14-13-18(23-19)15-7-5-4-6-8-15/h4-14H,1-3H3,(H,21,22,23). The summed E-state index contributed by atoms with van der Waals surface area (Å²) < 4.78 is 0. The predicted octanol–water partition coefficient (Wildman–Crippen LogP) is 5.18. The molecule has 0 unspecified atom stereocenters. The van der Waals surface area contributed by atoms with Gasteiger partial charge in [-0.1, -0.05) is 63.2 Å². The Balaban J connectivity index is 1.81. The molecule has 0 atom stereocenters. The van der Waals surface area contributed by atoms with E-state index in [1.807, 2.05) is 36.4 Å². The second-order valence-corrected chi connectivity index (χ2v) is 6.58. The Morgan fingerprint density at radius 1 is 0.826 bits per heavy atom. The molecule has 1 aromatic heterocycles. The van der Waals surface area contributed by atoms with Gasteiger partial charge >= 0.3 is 0 Å². The van der Waals surface area contributed by atoms with E-state index in [2.05, 4.69) is 60.3 Å². The first-order chi connectivity index (χ1) is 11.0. The molecular formula is C20H21N3. The van der Waals surface area contributed by atoms with E-state index in [0.29, 0.717) is 5.95 Å². The maximum atomic E-state index is 4.59. The van der Waals surface area contributed by atoms with Gasteiger partial charge in [0.25, 0.3) is 0 Å². The first-order valence-corrected chi connectivity index (χ1v) is 7.78. The number of nitrogens with one attached hydrogen (secondary N) is 1. The van der Waals surface area contributed by atoms with E-state index in [4.69, 9.17) is 0 Å². The number of rotatable bonds is 3. The Labute approximate surface area is 137 Å². The number of nitrogens with zero attached hydrogens (tertiary/aromatic N) is 2. The first kappa shape index (κ1) is 15.2. The quantitative estimate of drug-likeness (QED) is 0.724. The van der Waals surface area contributed by atoms with Crippen LogP contribution in [-0.4, -0.2) is 9.97 Å². The molecule has 116 valence electrons. The lowest BCUT2D eigenvalue weighted by molar-refractivity contribution is 0.590. The Morgan fingerprint density at radius 2 is 1.52 bits per heavy atom. The summed E-state index contributed by atoms with van der Waals surface area (Å²) in [6.45, 7) is 6.63. The molecule has 3 nitrogen and oxygen atoms in total. The van der Waals surface area contributed by atoms with Crippen molar-refractivity contribution in [2.75, 3.05) is 5.32 Å². The van der Waals surface area contributed by atoms with E-state index in [0.717, 1.165) is 16.9 Å². The topological polar surface area (TPSA) is 37.8 Å². The van der Waals surface area contributed by atoms with Crippen molar-refractivity contribution in [2.24, 2.45) is 0 Å². The van der Waals surface area contributed by atoms with E-state index in [9.17, 15) is 0 Å². The molecular weight excluding hydrogens is 282 g/mol. The van der Waals surface area contributed by atoms with Crippen LogP contribution in [0.3, 0.4) is 0 Å². The van der Waals surface area contributed by atoms with Crippen LogP contribution in [0.5, 0.6) is 0 Å². The molecule has 0 aliphatic heterocycles. The largest absolute Gasteiger partial charge is 0.324 e. The van der Waals surface area contributed by atoms with Gasteiger partial charge in [0.2, 0.25) is 5.95 Å². The van der Waals surface area contributed by atoms with E-state index >= 15 is 0 Å². The van der Waals surface area contributed by atoms with Gasteiger partial charge in [0.1, 0.15) is 0 Å². The molecule has 0 radical (unpaired) electrons. The molecule has 1 N–H and O–H groups in total. The third kappa shape index (κ3) is 3.75. The smallest absolute Gasteiger partial charge is 0.227 e. The minimum absolute atomic E-state index is 0.155. The monoisotopic (exact) mass is 303 g/mol. The fraction of sp³-hybridized carbons (Fsp3) is 0.200. The third-order valence-electron chi connectivity index (χ3n) is 3.73. The summed E-state index contributed by atoms with van der Waals surface area (Å²) in [6, 6.07) is 20.5. The summed E-state index contributed by atoms with van der Waals surface area (Å²) >= 11 is 0. The van der Waals surface area contributed by atoms with Crippen molar-refractivity contribution in [3.63, 3.8) is 0 Å². The van der Waals surface area contributed by atoms with Gasteiger partial charge in [-0.3, -0.25) is 0 Å². The van der Waals surface area contributed by atoms with Crippen LogP contribution < -0.4 is 5.32 Å². The zero-order chi connectivity index (χ0) is 16.3. The van der Waals surface area contributed by atoms with Crippen LogP contribution in [0.25, 0.3) is 11.3 Å². The molecule has 0 spiro atoms. The highest BCUT2D eigenvalue weighted by Gasteiger charge is 2.12. The second kappa shape index (κ2) is 6.21. The Kier molecular flexibility index (Phi) is 4.11. The first-order valence-electron chi connectivity index (χ1n) is 7.78. The van der Waals surface area contributed by atoms with Crippen LogP contribution in [0.15, 0.2) is 66.9 Å². The highest BCUT2D eigenvalue weighted by molar-refractivity contribution is 5.61. The van der Waals surface area contributed by atoms with Gasteiger partial charge < -0.3 is 5.32 Å². The van der Waals surface area contributed by atoms with Gasteiger partial charge in [0.05, 0.1) is 5.69 Å². The zero-order valence-corrected chi connectivity index (χ0v) is 13.7. The summed E-state index contributed by atoms with van der Waals surface area (Å²) in [5.74, 6) is 0.606. The number of benzene rings is 2. The molecule has 0 saturated carbocycles. The number of hydrogen-bond acceptors (Lipinski definition) is 3. The summed E-state index contributed by atoms with van der Waals surface area (Å²) in [5.41, 5.74) is 4.45. The Hall–Kier alpha value is -2.68. The van der Waals surface area contributed by atoms with E-state index < -0.39 is 0 Å². The highest BCUT2D eigenvalue weighted by atomic mass is 15.1. The zero-order valence-electron chi connectivity index (χ0n) is 13.7. The van der Waals surface area contributed by atoms with Gasteiger partial charge in [0.15, 0.2) is 0 Å². The molecule has 0 aliphatic carbocycles. The van der Waals surface area contributed by atoms with Crippen molar-refractivity contribution >= 4 is 11.6 Å². The van der Waals surface area contributed by atoms with Crippen molar-refractivity contribution in [1.82, 2.24) is 9.97 Å². The average molecular weight is 303 g/mol. The van der Waals surface area contributed by atoms with Gasteiger partial charge in [-0.05, 0) is 29.2 Å². The van der Waals surface area contributed by atoms with Gasteiger partial charge in [-0.15, -0.1) is 0 Å². The van der Waals surface area contributed by atoms with Crippen LogP contribution in [0.4, 0.5) is 11.6 Å². The summed E-state index contributed by atoms with van der Waals surface area (Å²) in [5, 5.41) is 3.27. The molecule has 0 saturated heterocycles. The van der Waals surface area contributed by atoms with Crippen molar-refractivity contribution in [3.8, 4) is 11.3 Å². The highest BCUT2D eigenvalue weighted by Crippen LogP contribution is 2.24. The van der Waals surface area contributed by atoms with Crippen LogP contribution in [0.2, 0.25) is 0 Å². The fourth-order valence-electron chi connectivity index (χ4n) is 2.37. The lowest BCUT2D eigenvalue weighted by atomic mass is 9.87. The fourth-order valence-corrected chi connectivity index (χ4v) is 2.37. The van der Waals surface area contributed by atoms with Crippen molar-refractivity contribution in [1.29, 1.82) is 0 Å². The van der Waals surface area contributed by atoms with Crippen molar-refractivity contribution in [2.45, 2.75) is 26.2 Å². The van der Waals surface area contributed by atoms with Gasteiger partial charge in [0, 0.05) is 17.4 Å². The summed E-state index contributed by atoms with van der Waals surface area (Å²) in [4.78, 5) is 8.90. The molecule has 0 aliphatic rings. The molecule has 0 fully saturated rings. The second-order valence-electron chi connectivity index (χ2n) is 6.58. The molecule has 0 amide bonds. The molecule has 1 heterocycles. The average Bonchev–Trinajstić information content (AvgIpc) is 2.56. The minimum atomic E-state index is 0.155. The Morgan fingerprint density at radius 3 is 2.17 bits per heavy atom. The maximum Gasteiger partial charge on any atom is 0.227 e. The van der Waals surface area contributed by atoms with Gasteiger partial charge in [-0.25, -0.2) is 9.97 Å². The lowest BCUT2D eigenvalue weighted by Crippen LogP contribution is -2.10. The van der Waals surface area contributed by atoms with Crippen LogP contribution in [0, 0.1) is 0 Å². The lowest BCUT2D eigenvalue weighted by Gasteiger charge is -2.19.